The molecule has 3 N–H and O–H groups in total. The second-order valence-electron chi connectivity index (χ2n) is 5.68. The number of benzene rings is 2. The van der Waals surface area contributed by atoms with Crippen LogP contribution in [0.2, 0.25) is 0 Å². The number of nitrogens with one attached hydrogen (secondary N) is 1. The average Bonchev–Trinajstić information content (AvgIpc) is 2.92. The first-order chi connectivity index (χ1) is 11.7. The van der Waals surface area contributed by atoms with Gasteiger partial charge in [-0.1, -0.05) is 0 Å². The van der Waals surface area contributed by atoms with Crippen molar-refractivity contribution in [3.63, 3.8) is 0 Å². The summed E-state index contributed by atoms with van der Waals surface area (Å²) in [5.41, 5.74) is 1.24. The first-order valence-electron chi connectivity index (χ1n) is 7.39. The van der Waals surface area contributed by atoms with Crippen molar-refractivity contribution in [1.82, 2.24) is 0 Å². The molecule has 0 unspecified atom stereocenters. The lowest BCUT2D eigenvalue weighted by Crippen LogP contribution is -2.32. The Bertz CT molecular complexity index is 948. The van der Waals surface area contributed by atoms with E-state index in [4.69, 9.17) is 5.14 Å². The summed E-state index contributed by atoms with van der Waals surface area (Å²) in [4.78, 5) is 13.9. The highest BCUT2D eigenvalue weighted by Crippen LogP contribution is 2.29. The number of nitrogens with two attached hydrogens (primary N) is 1. The van der Waals surface area contributed by atoms with E-state index in [1.54, 1.807) is 11.0 Å². The molecule has 0 fully saturated rings. The smallest absolute Gasteiger partial charge is 0.243 e. The number of carbonyl (C=O) groups is 1. The van der Waals surface area contributed by atoms with Crippen molar-refractivity contribution in [3.05, 3.63) is 53.6 Å². The number of amides is 1. The van der Waals surface area contributed by atoms with Gasteiger partial charge in [0.05, 0.1) is 17.1 Å². The molecule has 0 saturated carbocycles. The van der Waals surface area contributed by atoms with Crippen molar-refractivity contribution in [2.24, 2.45) is 5.14 Å². The highest BCUT2D eigenvalue weighted by atomic mass is 32.2. The zero-order valence-corrected chi connectivity index (χ0v) is 13.8. The molecule has 25 heavy (non-hydrogen) atoms. The van der Waals surface area contributed by atoms with E-state index >= 15 is 0 Å². The molecule has 0 aliphatic carbocycles. The number of halogens is 2. The maximum absolute atomic E-state index is 13.6. The van der Waals surface area contributed by atoms with Gasteiger partial charge in [0.1, 0.15) is 11.6 Å². The molecule has 0 radical (unpaired) electrons. The average molecular weight is 367 g/mol. The summed E-state index contributed by atoms with van der Waals surface area (Å²) in [5, 5.41) is 7.44. The minimum absolute atomic E-state index is 0.0133. The maximum atomic E-state index is 13.6. The van der Waals surface area contributed by atoms with Crippen molar-refractivity contribution in [2.45, 2.75) is 11.3 Å². The van der Waals surface area contributed by atoms with Crippen LogP contribution in [0.5, 0.6) is 0 Å². The number of rotatable bonds is 4. The van der Waals surface area contributed by atoms with E-state index in [1.807, 2.05) is 0 Å². The Hall–Kier alpha value is -2.52. The van der Waals surface area contributed by atoms with E-state index in [0.717, 1.165) is 23.8 Å². The monoisotopic (exact) mass is 367 g/mol. The summed E-state index contributed by atoms with van der Waals surface area (Å²) in [6.45, 7) is 0.431. The third-order valence-electron chi connectivity index (χ3n) is 3.91. The van der Waals surface area contributed by atoms with Gasteiger partial charge in [-0.15, -0.1) is 0 Å². The van der Waals surface area contributed by atoms with Crippen LogP contribution in [-0.4, -0.2) is 27.4 Å². The number of carbonyl (C=O) groups excluding carboxylic acids is 1. The van der Waals surface area contributed by atoms with Crippen LogP contribution in [0.1, 0.15) is 5.56 Å². The maximum Gasteiger partial charge on any atom is 0.243 e. The van der Waals surface area contributed by atoms with Crippen molar-refractivity contribution in [3.8, 4) is 0 Å². The quantitative estimate of drug-likeness (QED) is 0.859. The molecule has 2 aromatic carbocycles. The van der Waals surface area contributed by atoms with Crippen molar-refractivity contribution in [2.75, 3.05) is 23.3 Å². The van der Waals surface area contributed by atoms with Crippen LogP contribution < -0.4 is 15.4 Å². The van der Waals surface area contributed by atoms with Crippen molar-refractivity contribution in [1.29, 1.82) is 0 Å². The molecule has 6 nitrogen and oxygen atoms in total. The van der Waals surface area contributed by atoms with Gasteiger partial charge in [-0.25, -0.2) is 22.3 Å². The van der Waals surface area contributed by atoms with Gasteiger partial charge in [-0.2, -0.15) is 0 Å². The SMILES string of the molecule is NS(=O)(=O)c1ccc2c(c1)CCN2CC(=O)Nc1cc(F)ccc1F. The minimum Gasteiger partial charge on any atom is -0.362 e. The van der Waals surface area contributed by atoms with Crippen LogP contribution in [-0.2, 0) is 21.2 Å². The van der Waals surface area contributed by atoms with Crippen LogP contribution in [0.3, 0.4) is 0 Å². The second-order valence-corrected chi connectivity index (χ2v) is 7.24. The summed E-state index contributed by atoms with van der Waals surface area (Å²) < 4.78 is 49.5. The number of hydrogen-bond donors (Lipinski definition) is 2. The summed E-state index contributed by atoms with van der Waals surface area (Å²) in [5.74, 6) is -1.89. The van der Waals surface area contributed by atoms with E-state index in [0.29, 0.717) is 18.7 Å². The van der Waals surface area contributed by atoms with Crippen LogP contribution in [0.15, 0.2) is 41.3 Å². The summed E-state index contributed by atoms with van der Waals surface area (Å²) >= 11 is 0. The number of primary sulfonamides is 1. The van der Waals surface area contributed by atoms with Gasteiger partial charge in [0.2, 0.25) is 15.9 Å². The van der Waals surface area contributed by atoms with Crippen molar-refractivity contribution < 1.29 is 22.0 Å². The van der Waals surface area contributed by atoms with Gasteiger partial charge in [-0.05, 0) is 42.3 Å². The zero-order chi connectivity index (χ0) is 18.2. The molecule has 3 rings (SSSR count). The predicted molar refractivity (Wildman–Crippen MR) is 88.7 cm³/mol. The fourth-order valence-corrected chi connectivity index (χ4v) is 3.31. The minimum atomic E-state index is -3.79. The lowest BCUT2D eigenvalue weighted by atomic mass is 10.2. The lowest BCUT2D eigenvalue weighted by molar-refractivity contribution is -0.115. The molecule has 1 amide bonds. The molecule has 1 heterocycles. The molecule has 0 saturated heterocycles. The molecule has 0 atom stereocenters. The van der Waals surface area contributed by atoms with Gasteiger partial charge in [0, 0.05) is 18.3 Å². The number of anilines is 2. The summed E-state index contributed by atoms with van der Waals surface area (Å²) in [7, 11) is -3.79. The molecule has 1 aliphatic rings. The Balaban J connectivity index is 1.73. The highest BCUT2D eigenvalue weighted by molar-refractivity contribution is 7.89. The van der Waals surface area contributed by atoms with E-state index in [1.165, 1.54) is 12.1 Å². The van der Waals surface area contributed by atoms with E-state index in [2.05, 4.69) is 5.32 Å². The van der Waals surface area contributed by atoms with E-state index < -0.39 is 27.6 Å². The molecular formula is C16H15F2N3O3S. The van der Waals surface area contributed by atoms with E-state index in [-0.39, 0.29) is 17.1 Å². The second kappa shape index (κ2) is 6.41. The Labute approximate surface area is 143 Å². The topological polar surface area (TPSA) is 92.5 Å². The Morgan fingerprint density at radius 1 is 1.20 bits per heavy atom. The van der Waals surface area contributed by atoms with Crippen LogP contribution in [0.25, 0.3) is 0 Å². The molecule has 9 heteroatoms. The largest absolute Gasteiger partial charge is 0.362 e. The molecule has 0 aromatic heterocycles. The first-order valence-corrected chi connectivity index (χ1v) is 8.94. The molecule has 2 aromatic rings. The van der Waals surface area contributed by atoms with Crippen LogP contribution >= 0.6 is 0 Å². The lowest BCUT2D eigenvalue weighted by Gasteiger charge is -2.19. The molecule has 0 bridgehead atoms. The van der Waals surface area contributed by atoms with Crippen LogP contribution in [0, 0.1) is 11.6 Å². The summed E-state index contributed by atoms with van der Waals surface area (Å²) in [6, 6.07) is 7.24. The number of hydrogen-bond acceptors (Lipinski definition) is 4. The number of sulfonamides is 1. The number of fused-ring (bicyclic) bond motifs is 1. The predicted octanol–water partition coefficient (Wildman–Crippen LogP) is 1.61. The third kappa shape index (κ3) is 3.77. The zero-order valence-electron chi connectivity index (χ0n) is 13.0. The third-order valence-corrected chi connectivity index (χ3v) is 4.82. The Morgan fingerprint density at radius 2 is 1.96 bits per heavy atom. The van der Waals surface area contributed by atoms with Gasteiger partial charge >= 0.3 is 0 Å². The van der Waals surface area contributed by atoms with Crippen molar-refractivity contribution >= 4 is 27.3 Å². The fraction of sp³-hybridized carbons (Fsp3) is 0.188. The summed E-state index contributed by atoms with van der Waals surface area (Å²) in [6.07, 6.45) is 0.556. The van der Waals surface area contributed by atoms with E-state index in [9.17, 15) is 22.0 Å². The Morgan fingerprint density at radius 3 is 2.68 bits per heavy atom. The highest BCUT2D eigenvalue weighted by Gasteiger charge is 2.23. The standard InChI is InChI=1S/C16H15F2N3O3S/c17-11-1-3-13(18)14(8-11)20-16(22)9-21-6-5-10-7-12(25(19,23)24)2-4-15(10)21/h1-4,7-8H,5-6,9H2,(H,20,22)(H2,19,23,24). The fourth-order valence-electron chi connectivity index (χ4n) is 2.74. The Kier molecular flexibility index (Phi) is 4.44. The normalized spacial score (nSPS) is 13.6. The van der Waals surface area contributed by atoms with Gasteiger partial charge < -0.3 is 10.2 Å². The van der Waals surface area contributed by atoms with Gasteiger partial charge in [0.15, 0.2) is 0 Å². The molecular weight excluding hydrogens is 352 g/mol. The molecule has 1 aliphatic heterocycles. The molecule has 0 spiro atoms. The van der Waals surface area contributed by atoms with Gasteiger partial charge in [-0.3, -0.25) is 4.79 Å². The van der Waals surface area contributed by atoms with Gasteiger partial charge in [0.25, 0.3) is 0 Å². The molecule has 132 valence electrons. The van der Waals surface area contributed by atoms with Crippen LogP contribution in [0.4, 0.5) is 20.2 Å². The number of nitrogens with zero attached hydrogens (tertiary/aromatic N) is 1. The first kappa shape index (κ1) is 17.3.